The number of nitrogens with zero attached hydrogens (tertiary/aromatic N) is 2. The molecule has 0 fully saturated rings. The lowest BCUT2D eigenvalue weighted by Crippen LogP contribution is -2.14. The van der Waals surface area contributed by atoms with Crippen molar-refractivity contribution in [1.29, 1.82) is 0 Å². The van der Waals surface area contributed by atoms with Crippen molar-refractivity contribution in [2.45, 2.75) is 6.92 Å². The van der Waals surface area contributed by atoms with Gasteiger partial charge in [0.15, 0.2) is 0 Å². The van der Waals surface area contributed by atoms with Crippen molar-refractivity contribution in [1.82, 2.24) is 9.80 Å². The molecule has 0 spiro atoms. The largest absolute Gasteiger partial charge is 0.309 e. The van der Waals surface area contributed by atoms with Gasteiger partial charge in [-0.25, -0.2) is 0 Å². The molecule has 0 radical (unpaired) electrons. The first-order valence-corrected chi connectivity index (χ1v) is 7.31. The first-order chi connectivity index (χ1) is 7.54. The molecule has 0 rings (SSSR count). The Morgan fingerprint density at radius 2 is 1.44 bits per heavy atom. The first kappa shape index (κ1) is 21.6. The summed E-state index contributed by atoms with van der Waals surface area (Å²) in [6.45, 7) is 10.5. The lowest BCUT2D eigenvalue weighted by molar-refractivity contribution is 0.437. The molecule has 4 heteroatoms. The molecule has 0 aromatic carbocycles. The highest BCUT2D eigenvalue weighted by atomic mass is 32.2. The molecular weight excluding hydrogens is 236 g/mol. The van der Waals surface area contributed by atoms with E-state index in [9.17, 15) is 0 Å². The van der Waals surface area contributed by atoms with E-state index in [1.165, 1.54) is 18.1 Å². The van der Waals surface area contributed by atoms with Crippen LogP contribution in [0.1, 0.15) is 6.92 Å². The summed E-state index contributed by atoms with van der Waals surface area (Å²) in [5.41, 5.74) is 0. The fraction of sp³-hybridized carbons (Fsp3) is 0.833. The van der Waals surface area contributed by atoms with Crippen LogP contribution in [0.3, 0.4) is 0 Å². The van der Waals surface area contributed by atoms with Gasteiger partial charge >= 0.3 is 0 Å². The van der Waals surface area contributed by atoms with Crippen LogP contribution < -0.4 is 0 Å². The summed E-state index contributed by atoms with van der Waals surface area (Å²) in [5.74, 6) is 3.46. The minimum atomic E-state index is 0.951. The minimum absolute atomic E-state index is 0.951. The van der Waals surface area contributed by atoms with Crippen LogP contribution in [0.15, 0.2) is 13.2 Å². The summed E-state index contributed by atoms with van der Waals surface area (Å²) >= 11 is 6.01. The number of thiol groups is 1. The second-order valence-electron chi connectivity index (χ2n) is 3.53. The van der Waals surface area contributed by atoms with Crippen LogP contribution in [0, 0.1) is 0 Å². The third-order valence-electron chi connectivity index (χ3n) is 1.43. The summed E-state index contributed by atoms with van der Waals surface area (Å²) < 4.78 is 0. The van der Waals surface area contributed by atoms with Gasteiger partial charge in [-0.3, -0.25) is 0 Å². The van der Waals surface area contributed by atoms with Gasteiger partial charge in [-0.15, -0.1) is 13.2 Å². The summed E-state index contributed by atoms with van der Waals surface area (Å²) in [6, 6.07) is 0. The van der Waals surface area contributed by atoms with E-state index in [2.05, 4.69) is 56.6 Å². The van der Waals surface area contributed by atoms with Gasteiger partial charge in [0.25, 0.3) is 0 Å². The Bertz CT molecular complexity index is 109. The van der Waals surface area contributed by atoms with Crippen LogP contribution in [-0.4, -0.2) is 68.3 Å². The summed E-state index contributed by atoms with van der Waals surface area (Å²) in [5, 5.41) is 0. The van der Waals surface area contributed by atoms with Crippen molar-refractivity contribution < 1.29 is 0 Å². The highest BCUT2D eigenvalue weighted by Crippen LogP contribution is 1.96. The number of hydrogen-bond acceptors (Lipinski definition) is 4. The standard InChI is InChI=1S/C6H15NS.C4H11NS.C2H4/c1-4-8-6-5-7(2)3;1-5(2)3-4-6;1-2/h4-6H2,1-3H3;6H,3-4H2,1-2H3;1-2H2. The van der Waals surface area contributed by atoms with E-state index in [-0.39, 0.29) is 0 Å². The molecule has 0 unspecified atom stereocenters. The zero-order valence-electron chi connectivity index (χ0n) is 11.7. The number of hydrogen-bond donors (Lipinski definition) is 1. The van der Waals surface area contributed by atoms with E-state index in [4.69, 9.17) is 0 Å². The van der Waals surface area contributed by atoms with Crippen LogP contribution in [-0.2, 0) is 0 Å². The highest BCUT2D eigenvalue weighted by molar-refractivity contribution is 7.99. The normalized spacial score (nSPS) is 9.25. The molecule has 0 N–H and O–H groups in total. The van der Waals surface area contributed by atoms with Crippen LogP contribution in [0.25, 0.3) is 0 Å². The molecule has 100 valence electrons. The molecular formula is C12H30N2S2. The van der Waals surface area contributed by atoms with Gasteiger partial charge in [-0.05, 0) is 33.9 Å². The molecule has 0 atom stereocenters. The molecule has 0 bridgehead atoms. The van der Waals surface area contributed by atoms with Gasteiger partial charge in [0.2, 0.25) is 0 Å². The average molecular weight is 267 g/mol. The van der Waals surface area contributed by atoms with Crippen molar-refractivity contribution in [3.63, 3.8) is 0 Å². The Balaban J connectivity index is -0.000000188. The summed E-state index contributed by atoms with van der Waals surface area (Å²) in [6.07, 6.45) is 0. The molecule has 0 aliphatic heterocycles. The van der Waals surface area contributed by atoms with E-state index in [0.29, 0.717) is 0 Å². The maximum absolute atomic E-state index is 4.02. The third kappa shape index (κ3) is 36.7. The predicted molar refractivity (Wildman–Crippen MR) is 85.2 cm³/mol. The molecule has 0 aliphatic rings. The second-order valence-corrected chi connectivity index (χ2v) is 5.37. The Hall–Kier alpha value is 0.360. The zero-order chi connectivity index (χ0) is 13.4. The summed E-state index contributed by atoms with van der Waals surface area (Å²) in [4.78, 5) is 4.32. The fourth-order valence-electron chi connectivity index (χ4n) is 0.591. The second kappa shape index (κ2) is 20.7. The van der Waals surface area contributed by atoms with E-state index in [0.717, 1.165) is 12.3 Å². The number of rotatable bonds is 6. The van der Waals surface area contributed by atoms with Crippen LogP contribution in [0.5, 0.6) is 0 Å². The molecule has 0 aliphatic carbocycles. The van der Waals surface area contributed by atoms with Crippen molar-refractivity contribution in [3.8, 4) is 0 Å². The molecule has 0 aromatic heterocycles. The van der Waals surface area contributed by atoms with Gasteiger partial charge in [0.1, 0.15) is 0 Å². The Morgan fingerprint density at radius 1 is 1.00 bits per heavy atom. The maximum Gasteiger partial charge on any atom is 0.00662 e. The lowest BCUT2D eigenvalue weighted by Gasteiger charge is -2.06. The Labute approximate surface area is 113 Å². The van der Waals surface area contributed by atoms with Crippen molar-refractivity contribution in [2.75, 3.05) is 58.5 Å². The van der Waals surface area contributed by atoms with Crippen LogP contribution in [0.2, 0.25) is 0 Å². The topological polar surface area (TPSA) is 6.48 Å². The highest BCUT2D eigenvalue weighted by Gasteiger charge is 1.86. The van der Waals surface area contributed by atoms with E-state index in [1.807, 2.05) is 25.9 Å². The van der Waals surface area contributed by atoms with Gasteiger partial charge in [-0.2, -0.15) is 24.4 Å². The average Bonchev–Trinajstić information content (AvgIpc) is 2.21. The number of thioether (sulfide) groups is 1. The first-order valence-electron chi connectivity index (χ1n) is 5.52. The predicted octanol–water partition coefficient (Wildman–Crippen LogP) is 2.58. The van der Waals surface area contributed by atoms with E-state index >= 15 is 0 Å². The molecule has 0 saturated carbocycles. The molecule has 2 nitrogen and oxygen atoms in total. The van der Waals surface area contributed by atoms with E-state index < -0.39 is 0 Å². The molecule has 0 amide bonds. The van der Waals surface area contributed by atoms with Crippen LogP contribution in [0.4, 0.5) is 0 Å². The fourth-order valence-corrected chi connectivity index (χ4v) is 1.77. The van der Waals surface area contributed by atoms with Gasteiger partial charge < -0.3 is 9.80 Å². The van der Waals surface area contributed by atoms with Gasteiger partial charge in [0.05, 0.1) is 0 Å². The Morgan fingerprint density at radius 3 is 1.62 bits per heavy atom. The monoisotopic (exact) mass is 266 g/mol. The van der Waals surface area contributed by atoms with Crippen LogP contribution >= 0.6 is 24.4 Å². The van der Waals surface area contributed by atoms with Crippen molar-refractivity contribution in [3.05, 3.63) is 13.2 Å². The molecule has 16 heavy (non-hydrogen) atoms. The SMILES string of the molecule is C=C.CCSCCN(C)C.CN(C)CCS. The quantitative estimate of drug-likeness (QED) is 0.449. The molecule has 0 heterocycles. The maximum atomic E-state index is 4.02. The third-order valence-corrected chi connectivity index (χ3v) is 2.51. The van der Waals surface area contributed by atoms with Crippen molar-refractivity contribution in [2.24, 2.45) is 0 Å². The molecule has 0 aromatic rings. The molecule has 0 saturated heterocycles. The van der Waals surface area contributed by atoms with E-state index in [1.54, 1.807) is 0 Å². The lowest BCUT2D eigenvalue weighted by atomic mass is 10.7. The van der Waals surface area contributed by atoms with Crippen molar-refractivity contribution >= 4 is 24.4 Å². The minimum Gasteiger partial charge on any atom is -0.309 e. The van der Waals surface area contributed by atoms with Gasteiger partial charge in [0, 0.05) is 24.6 Å². The summed E-state index contributed by atoms with van der Waals surface area (Å²) in [7, 11) is 8.29. The van der Waals surface area contributed by atoms with Gasteiger partial charge in [-0.1, -0.05) is 6.92 Å². The zero-order valence-corrected chi connectivity index (χ0v) is 13.4. The smallest absolute Gasteiger partial charge is 0.00662 e. The Kier molecular flexibility index (Phi) is 28.0.